The molecule has 0 aromatic heterocycles. The predicted octanol–water partition coefficient (Wildman–Crippen LogP) is 2.60. The summed E-state index contributed by atoms with van der Waals surface area (Å²) in [6.07, 6.45) is 14.2. The van der Waals surface area contributed by atoms with Crippen LogP contribution < -0.4 is 26.8 Å². The summed E-state index contributed by atoms with van der Waals surface area (Å²) in [4.78, 5) is 55.9. The highest BCUT2D eigenvalue weighted by Gasteiger charge is 2.61. The first kappa shape index (κ1) is 38.0. The Morgan fingerprint density at radius 3 is 2.39 bits per heavy atom. The molecule has 2 aliphatic carbocycles. The molecule has 51 heavy (non-hydrogen) atoms. The number of carbonyl (C=O) groups is 4. The normalized spacial score (nSPS) is 39.1. The highest BCUT2D eigenvalue weighted by Crippen LogP contribution is 2.45. The van der Waals surface area contributed by atoms with Gasteiger partial charge in [-0.15, -0.1) is 0 Å². The number of aliphatic carboxylic acids is 1. The topological polar surface area (TPSA) is 174 Å². The van der Waals surface area contributed by atoms with Crippen LogP contribution in [0.3, 0.4) is 0 Å². The molecular formula is C37H61N7O7. The van der Waals surface area contributed by atoms with Crippen molar-refractivity contribution in [1.29, 1.82) is 0 Å². The van der Waals surface area contributed by atoms with Crippen molar-refractivity contribution < 1.29 is 33.8 Å². The molecule has 3 unspecified atom stereocenters. The van der Waals surface area contributed by atoms with E-state index in [0.717, 1.165) is 70.9 Å². The van der Waals surface area contributed by atoms with Crippen LogP contribution in [0.4, 0.5) is 4.79 Å². The minimum atomic E-state index is -1.38. The fraction of sp³-hybridized carbons (Fsp3) is 0.838. The lowest BCUT2D eigenvalue weighted by Crippen LogP contribution is -2.56. The van der Waals surface area contributed by atoms with Crippen molar-refractivity contribution in [3.8, 4) is 0 Å². The predicted molar refractivity (Wildman–Crippen MR) is 190 cm³/mol. The van der Waals surface area contributed by atoms with Crippen molar-refractivity contribution in [2.45, 2.75) is 152 Å². The number of hydrogen-bond donors (Lipinski definition) is 6. The maximum absolute atomic E-state index is 14.5. The number of amides is 3. The number of hydrogen-bond acceptors (Lipinski definition) is 10. The molecule has 3 amide bonds. The van der Waals surface area contributed by atoms with Crippen LogP contribution in [0.1, 0.15) is 104 Å². The number of ether oxygens (including phenoxy) is 2. The van der Waals surface area contributed by atoms with Gasteiger partial charge in [-0.1, -0.05) is 25.0 Å². The second-order valence-corrected chi connectivity index (χ2v) is 16.8. The van der Waals surface area contributed by atoms with Gasteiger partial charge in [-0.05, 0) is 116 Å². The smallest absolute Gasteiger partial charge is 0.408 e. The Morgan fingerprint density at radius 1 is 0.980 bits per heavy atom. The zero-order valence-electron chi connectivity index (χ0n) is 31.0. The molecule has 0 aromatic rings. The van der Waals surface area contributed by atoms with Gasteiger partial charge < -0.3 is 35.4 Å². The number of nitrogens with zero attached hydrogens (tertiary/aromatic N) is 2. The van der Waals surface area contributed by atoms with Crippen LogP contribution in [-0.2, 0) is 23.9 Å². The van der Waals surface area contributed by atoms with Gasteiger partial charge in [0, 0.05) is 31.7 Å². The summed E-state index contributed by atoms with van der Waals surface area (Å²) < 4.78 is 11.2. The van der Waals surface area contributed by atoms with Gasteiger partial charge in [0.25, 0.3) is 0 Å². The van der Waals surface area contributed by atoms with Crippen molar-refractivity contribution in [3.63, 3.8) is 0 Å². The molecule has 8 atom stereocenters. The minimum absolute atomic E-state index is 0.181. The van der Waals surface area contributed by atoms with Crippen molar-refractivity contribution >= 4 is 23.9 Å². The van der Waals surface area contributed by atoms with Crippen molar-refractivity contribution in [3.05, 3.63) is 12.2 Å². The van der Waals surface area contributed by atoms with Crippen molar-refractivity contribution in [2.75, 3.05) is 26.7 Å². The molecule has 286 valence electrons. The third kappa shape index (κ3) is 8.89. The molecule has 0 spiro atoms. The second kappa shape index (κ2) is 16.1. The molecule has 14 nitrogen and oxygen atoms in total. The Kier molecular flexibility index (Phi) is 12.0. The van der Waals surface area contributed by atoms with Gasteiger partial charge in [-0.3, -0.25) is 9.59 Å². The highest BCUT2D eigenvalue weighted by atomic mass is 16.6. The fourth-order valence-electron chi connectivity index (χ4n) is 9.11. The van der Waals surface area contributed by atoms with Crippen molar-refractivity contribution in [1.82, 2.24) is 36.8 Å². The molecule has 0 bridgehead atoms. The molecule has 3 saturated heterocycles. The minimum Gasteiger partial charge on any atom is -0.479 e. The third-order valence-corrected chi connectivity index (χ3v) is 12.1. The standard InChI is InChI=1S/C37H61N7O7/c1-36(2,3)51-35(49)39-28-13-9-7-5-6-8-12-25-20-37(25,34(47)48)40-32(45)29-19-26(22-43(29)33(28)46)44-41-30(23-14-16-27(50-4)17-15-23)31(42-44)24-11-10-18-38-21-24/h8,12,23-31,38,41-42H,5-7,9-11,13-22H2,1-4H3,(H,39,49)(H,40,45)(H,47,48)/b12-8-/t23?,24?,25-,26+,27?,28-,29+,30?,31?,37+/m1/s1. The van der Waals surface area contributed by atoms with E-state index in [9.17, 15) is 24.3 Å². The van der Waals surface area contributed by atoms with E-state index in [4.69, 9.17) is 9.47 Å². The largest absolute Gasteiger partial charge is 0.479 e. The maximum Gasteiger partial charge on any atom is 0.408 e. The quantitative estimate of drug-likeness (QED) is 0.223. The van der Waals surface area contributed by atoms with E-state index in [1.807, 2.05) is 17.3 Å². The van der Waals surface area contributed by atoms with Crippen LogP contribution in [0.15, 0.2) is 12.2 Å². The summed E-state index contributed by atoms with van der Waals surface area (Å²) in [6.45, 7) is 7.52. The van der Waals surface area contributed by atoms with E-state index in [2.05, 4.69) is 26.8 Å². The van der Waals surface area contributed by atoms with Crippen LogP contribution >= 0.6 is 0 Å². The first-order chi connectivity index (χ1) is 24.4. The fourth-order valence-corrected chi connectivity index (χ4v) is 9.11. The van der Waals surface area contributed by atoms with E-state index >= 15 is 0 Å². The molecule has 6 N–H and O–H groups in total. The average Bonchev–Trinajstić information content (AvgIpc) is 3.40. The van der Waals surface area contributed by atoms with Gasteiger partial charge in [0.15, 0.2) is 0 Å². The van der Waals surface area contributed by atoms with Crippen molar-refractivity contribution in [2.24, 2.45) is 17.8 Å². The maximum atomic E-state index is 14.5. The SMILES string of the molecule is COC1CCC(C2NN([C@H]3C[C@H]4C(=O)N[C@@]5(C(=O)O)C[C@H]5/C=C\CCCCC[C@@H](NC(=O)OC(C)(C)C)C(=O)N4C3)NC2C2CCCNC2)CC1. The summed E-state index contributed by atoms with van der Waals surface area (Å²) in [5.74, 6) is -1.31. The molecule has 4 aliphatic heterocycles. The van der Waals surface area contributed by atoms with Crippen LogP contribution in [-0.4, -0.2) is 113 Å². The average molecular weight is 716 g/mol. The Balaban J connectivity index is 1.26. The van der Waals surface area contributed by atoms with Gasteiger partial charge >= 0.3 is 12.1 Å². The molecule has 0 radical (unpaired) electrons. The number of alkyl carbamates (subject to hydrolysis) is 1. The highest BCUT2D eigenvalue weighted by molar-refractivity contribution is 5.96. The number of allylic oxidation sites excluding steroid dienone is 1. The molecule has 4 heterocycles. The van der Waals surface area contributed by atoms with E-state index in [1.165, 1.54) is 0 Å². The second-order valence-electron chi connectivity index (χ2n) is 16.8. The number of carbonyl (C=O) groups excluding carboxylic acids is 3. The van der Waals surface area contributed by atoms with Crippen LogP contribution in [0, 0.1) is 17.8 Å². The van der Waals surface area contributed by atoms with Crippen LogP contribution in [0.25, 0.3) is 0 Å². The van der Waals surface area contributed by atoms with E-state index in [-0.39, 0.29) is 36.5 Å². The number of carboxylic acids is 1. The van der Waals surface area contributed by atoms with Gasteiger partial charge in [-0.2, -0.15) is 5.12 Å². The Morgan fingerprint density at radius 2 is 1.73 bits per heavy atom. The summed E-state index contributed by atoms with van der Waals surface area (Å²) >= 11 is 0. The zero-order valence-corrected chi connectivity index (χ0v) is 31.0. The number of carboxylic acid groups (broad SMARTS) is 1. The zero-order chi connectivity index (χ0) is 36.3. The lowest BCUT2D eigenvalue weighted by molar-refractivity contribution is -0.145. The number of methoxy groups -OCH3 is 1. The molecule has 6 rings (SSSR count). The first-order valence-electron chi connectivity index (χ1n) is 19.5. The lowest BCUT2D eigenvalue weighted by Gasteiger charge is -2.37. The van der Waals surface area contributed by atoms with E-state index in [0.29, 0.717) is 43.6 Å². The molecule has 6 aliphatic rings. The molecule has 2 saturated carbocycles. The summed E-state index contributed by atoms with van der Waals surface area (Å²) in [6, 6.07) is -1.69. The van der Waals surface area contributed by atoms with Crippen LogP contribution in [0.5, 0.6) is 0 Å². The van der Waals surface area contributed by atoms with E-state index in [1.54, 1.807) is 32.8 Å². The summed E-state index contributed by atoms with van der Waals surface area (Å²) in [7, 11) is 1.79. The van der Waals surface area contributed by atoms with E-state index < -0.39 is 41.2 Å². The monoisotopic (exact) mass is 715 g/mol. The van der Waals surface area contributed by atoms with Gasteiger partial charge in [0.2, 0.25) is 11.8 Å². The van der Waals surface area contributed by atoms with Gasteiger partial charge in [0.05, 0.1) is 12.1 Å². The third-order valence-electron chi connectivity index (χ3n) is 12.1. The Labute approximate surface area is 302 Å². The van der Waals surface area contributed by atoms with Gasteiger partial charge in [-0.25, -0.2) is 20.4 Å². The first-order valence-corrected chi connectivity index (χ1v) is 19.5. The summed E-state index contributed by atoms with van der Waals surface area (Å²) in [5, 5.41) is 21.6. The number of piperidine rings is 1. The number of hydrazine groups is 2. The van der Waals surface area contributed by atoms with Gasteiger partial charge in [0.1, 0.15) is 23.2 Å². The molecule has 0 aromatic carbocycles. The summed E-state index contributed by atoms with van der Waals surface area (Å²) in [5.41, 5.74) is 5.51. The molecule has 14 heteroatoms. The Hall–Kier alpha value is -2.78. The molecule has 5 fully saturated rings. The molecular weight excluding hydrogens is 654 g/mol. The number of fused-ring (bicyclic) bond motifs is 2. The van der Waals surface area contributed by atoms with Crippen LogP contribution in [0.2, 0.25) is 0 Å². The number of rotatable bonds is 6. The lowest BCUT2D eigenvalue weighted by atomic mass is 9.76. The Bertz CT molecular complexity index is 1290. The number of nitrogens with one attached hydrogen (secondary N) is 5.